The highest BCUT2D eigenvalue weighted by atomic mass is 19.1. The van der Waals surface area contributed by atoms with E-state index in [0.29, 0.717) is 6.07 Å². The zero-order valence-electron chi connectivity index (χ0n) is 8.48. The number of nitrogens with one attached hydrogen (secondary N) is 1. The Morgan fingerprint density at radius 1 is 1.18 bits per heavy atom. The van der Waals surface area contributed by atoms with Gasteiger partial charge in [0.1, 0.15) is 17.3 Å². The third kappa shape index (κ3) is 2.19. The Labute approximate surface area is 94.3 Å². The standard InChI is InChI=1S/C9H8F2N6/c10-4-1-2-6(5(11)3-4)14-15-7-8(12)16-17-9(7)13/h1-3H,(H5,12,13,16,17). The number of H-pyrrole nitrogens is 1. The van der Waals surface area contributed by atoms with Crippen molar-refractivity contribution in [2.24, 2.45) is 10.2 Å². The van der Waals surface area contributed by atoms with Crippen molar-refractivity contribution in [1.29, 1.82) is 0 Å². The van der Waals surface area contributed by atoms with E-state index in [1.54, 1.807) is 0 Å². The molecule has 0 saturated carbocycles. The maximum Gasteiger partial charge on any atom is 0.175 e. The average Bonchev–Trinajstić information content (AvgIpc) is 2.58. The summed E-state index contributed by atoms with van der Waals surface area (Å²) in [6.07, 6.45) is 0. The monoisotopic (exact) mass is 238 g/mol. The van der Waals surface area contributed by atoms with E-state index in [1.165, 1.54) is 0 Å². The van der Waals surface area contributed by atoms with E-state index in [0.717, 1.165) is 12.1 Å². The molecule has 2 rings (SSSR count). The minimum atomic E-state index is -0.825. The molecule has 0 radical (unpaired) electrons. The Bertz CT molecular complexity index is 557. The van der Waals surface area contributed by atoms with Crippen molar-refractivity contribution in [3.63, 3.8) is 0 Å². The number of benzene rings is 1. The van der Waals surface area contributed by atoms with Crippen LogP contribution in [0.3, 0.4) is 0 Å². The van der Waals surface area contributed by atoms with Crippen molar-refractivity contribution in [1.82, 2.24) is 10.2 Å². The van der Waals surface area contributed by atoms with Crippen molar-refractivity contribution >= 4 is 23.0 Å². The van der Waals surface area contributed by atoms with Gasteiger partial charge in [0.05, 0.1) is 0 Å². The molecule has 0 spiro atoms. The number of halogens is 2. The molecule has 17 heavy (non-hydrogen) atoms. The summed E-state index contributed by atoms with van der Waals surface area (Å²) in [4.78, 5) is 0. The summed E-state index contributed by atoms with van der Waals surface area (Å²) in [7, 11) is 0. The Morgan fingerprint density at radius 2 is 1.94 bits per heavy atom. The third-order valence-electron chi connectivity index (χ3n) is 1.96. The van der Waals surface area contributed by atoms with E-state index in [-0.39, 0.29) is 23.0 Å². The molecule has 0 saturated heterocycles. The van der Waals surface area contributed by atoms with Crippen molar-refractivity contribution in [3.05, 3.63) is 29.8 Å². The minimum absolute atomic E-state index is 0.0498. The molecule has 0 amide bonds. The number of aromatic nitrogens is 2. The van der Waals surface area contributed by atoms with Crippen LogP contribution < -0.4 is 11.5 Å². The van der Waals surface area contributed by atoms with Crippen LogP contribution in [0.15, 0.2) is 28.4 Å². The molecule has 0 aliphatic heterocycles. The lowest BCUT2D eigenvalue weighted by atomic mass is 10.3. The molecular formula is C9H8F2N6. The van der Waals surface area contributed by atoms with Crippen LogP contribution in [0, 0.1) is 11.6 Å². The van der Waals surface area contributed by atoms with Crippen molar-refractivity contribution in [2.45, 2.75) is 0 Å². The number of hydrogen-bond donors (Lipinski definition) is 3. The van der Waals surface area contributed by atoms with E-state index >= 15 is 0 Å². The van der Waals surface area contributed by atoms with Crippen molar-refractivity contribution < 1.29 is 8.78 Å². The molecule has 0 unspecified atom stereocenters. The van der Waals surface area contributed by atoms with Crippen LogP contribution in [0.25, 0.3) is 0 Å². The molecule has 1 heterocycles. The van der Waals surface area contributed by atoms with Gasteiger partial charge in [0.25, 0.3) is 0 Å². The maximum atomic E-state index is 13.2. The number of aromatic amines is 1. The average molecular weight is 238 g/mol. The molecule has 88 valence electrons. The lowest BCUT2D eigenvalue weighted by Gasteiger charge is -1.95. The largest absolute Gasteiger partial charge is 0.382 e. The van der Waals surface area contributed by atoms with Crippen molar-refractivity contribution in [3.8, 4) is 0 Å². The highest BCUT2D eigenvalue weighted by Gasteiger charge is 2.07. The zero-order chi connectivity index (χ0) is 12.4. The summed E-state index contributed by atoms with van der Waals surface area (Å²) in [5.74, 6) is -1.35. The molecule has 2 aromatic rings. The smallest absolute Gasteiger partial charge is 0.175 e. The molecule has 0 aliphatic carbocycles. The lowest BCUT2D eigenvalue weighted by molar-refractivity contribution is 0.584. The number of hydrogen-bond acceptors (Lipinski definition) is 5. The van der Waals surface area contributed by atoms with Crippen LogP contribution in [-0.2, 0) is 0 Å². The summed E-state index contributed by atoms with van der Waals surface area (Å²) in [5.41, 5.74) is 10.9. The number of rotatable bonds is 2. The van der Waals surface area contributed by atoms with Crippen LogP contribution in [0.2, 0.25) is 0 Å². The van der Waals surface area contributed by atoms with Gasteiger partial charge in [0, 0.05) is 6.07 Å². The van der Waals surface area contributed by atoms with Crippen LogP contribution in [0.5, 0.6) is 0 Å². The fourth-order valence-electron chi connectivity index (χ4n) is 1.14. The van der Waals surface area contributed by atoms with E-state index in [2.05, 4.69) is 20.4 Å². The van der Waals surface area contributed by atoms with Gasteiger partial charge < -0.3 is 11.5 Å². The Balaban J connectivity index is 2.32. The topological polar surface area (TPSA) is 105 Å². The van der Waals surface area contributed by atoms with Gasteiger partial charge in [-0.1, -0.05) is 0 Å². The maximum absolute atomic E-state index is 13.2. The van der Waals surface area contributed by atoms with Gasteiger partial charge in [0.2, 0.25) is 0 Å². The highest BCUT2D eigenvalue weighted by molar-refractivity contribution is 5.70. The number of nitrogens with two attached hydrogens (primary N) is 2. The molecule has 1 aromatic carbocycles. The van der Waals surface area contributed by atoms with E-state index in [4.69, 9.17) is 11.5 Å². The quantitative estimate of drug-likeness (QED) is 0.698. The minimum Gasteiger partial charge on any atom is -0.382 e. The molecule has 0 bridgehead atoms. The predicted molar refractivity (Wildman–Crippen MR) is 57.9 cm³/mol. The van der Waals surface area contributed by atoms with Gasteiger partial charge in [0.15, 0.2) is 17.3 Å². The summed E-state index contributed by atoms with van der Waals surface area (Å²) in [6.45, 7) is 0. The molecular weight excluding hydrogens is 230 g/mol. The first-order valence-corrected chi connectivity index (χ1v) is 4.54. The second-order valence-corrected chi connectivity index (χ2v) is 3.17. The second-order valence-electron chi connectivity index (χ2n) is 3.17. The molecule has 0 atom stereocenters. The molecule has 8 heteroatoms. The SMILES string of the molecule is Nc1n[nH]c(N)c1N=Nc1ccc(F)cc1F. The van der Waals surface area contributed by atoms with Gasteiger partial charge in [-0.2, -0.15) is 5.10 Å². The normalized spacial score (nSPS) is 11.2. The molecule has 5 N–H and O–H groups in total. The number of azo groups is 1. The lowest BCUT2D eigenvalue weighted by Crippen LogP contribution is -1.85. The number of nitrogens with zero attached hydrogens (tertiary/aromatic N) is 3. The second kappa shape index (κ2) is 4.16. The van der Waals surface area contributed by atoms with Gasteiger partial charge in [-0.25, -0.2) is 8.78 Å². The molecule has 0 aliphatic rings. The fourth-order valence-corrected chi connectivity index (χ4v) is 1.14. The van der Waals surface area contributed by atoms with Gasteiger partial charge >= 0.3 is 0 Å². The number of anilines is 2. The summed E-state index contributed by atoms with van der Waals surface area (Å²) in [6, 6.07) is 2.93. The van der Waals surface area contributed by atoms with Crippen LogP contribution in [0.4, 0.5) is 31.8 Å². The Kier molecular flexibility index (Phi) is 2.69. The fraction of sp³-hybridized carbons (Fsp3) is 0. The van der Waals surface area contributed by atoms with Gasteiger partial charge in [-0.15, -0.1) is 10.2 Å². The summed E-state index contributed by atoms with van der Waals surface area (Å²) < 4.78 is 25.8. The molecule has 0 fully saturated rings. The Morgan fingerprint density at radius 3 is 2.53 bits per heavy atom. The zero-order valence-corrected chi connectivity index (χ0v) is 8.48. The first kappa shape index (κ1) is 11.0. The van der Waals surface area contributed by atoms with Crippen LogP contribution in [0.1, 0.15) is 0 Å². The first-order chi connectivity index (χ1) is 8.08. The van der Waals surface area contributed by atoms with Crippen molar-refractivity contribution in [2.75, 3.05) is 11.5 Å². The number of nitrogen functional groups attached to an aromatic ring is 2. The molecule has 1 aromatic heterocycles. The molecule has 6 nitrogen and oxygen atoms in total. The Hall–Kier alpha value is -2.51. The van der Waals surface area contributed by atoms with E-state index in [1.807, 2.05) is 0 Å². The first-order valence-electron chi connectivity index (χ1n) is 4.54. The summed E-state index contributed by atoms with van der Waals surface area (Å²) in [5, 5.41) is 13.2. The third-order valence-corrected chi connectivity index (χ3v) is 1.96. The van der Waals surface area contributed by atoms with Crippen LogP contribution >= 0.6 is 0 Å². The van der Waals surface area contributed by atoms with E-state index in [9.17, 15) is 8.78 Å². The van der Waals surface area contributed by atoms with Crippen LogP contribution in [-0.4, -0.2) is 10.2 Å². The van der Waals surface area contributed by atoms with Gasteiger partial charge in [-0.3, -0.25) is 5.10 Å². The predicted octanol–water partition coefficient (Wildman–Crippen LogP) is 2.27. The van der Waals surface area contributed by atoms with E-state index < -0.39 is 11.6 Å². The highest BCUT2D eigenvalue weighted by Crippen LogP contribution is 2.28. The van der Waals surface area contributed by atoms with Gasteiger partial charge in [-0.05, 0) is 12.1 Å². The summed E-state index contributed by atoms with van der Waals surface area (Å²) >= 11 is 0.